The number of alkyl halides is 3. The van der Waals surface area contributed by atoms with Crippen LogP contribution in [0.15, 0.2) is 66.6 Å². The summed E-state index contributed by atoms with van der Waals surface area (Å²) in [5.41, 5.74) is 7.12. The Labute approximate surface area is 201 Å². The molecule has 0 unspecified atom stereocenters. The van der Waals surface area contributed by atoms with E-state index in [0.29, 0.717) is 38.2 Å². The molecular formula is C24H17F3N6OS. The van der Waals surface area contributed by atoms with Crippen molar-refractivity contribution in [3.8, 4) is 0 Å². The molecule has 2 aromatic carbocycles. The molecule has 5 aromatic rings. The second-order valence-electron chi connectivity index (χ2n) is 7.70. The van der Waals surface area contributed by atoms with Crippen molar-refractivity contribution in [1.29, 1.82) is 0 Å². The summed E-state index contributed by atoms with van der Waals surface area (Å²) >= 11 is 1.26. The van der Waals surface area contributed by atoms with Crippen molar-refractivity contribution in [1.82, 2.24) is 15.0 Å². The smallest absolute Gasteiger partial charge is 0.382 e. The number of amides is 1. The van der Waals surface area contributed by atoms with Crippen LogP contribution in [0, 0.1) is 0 Å². The van der Waals surface area contributed by atoms with Crippen molar-refractivity contribution >= 4 is 61.1 Å². The van der Waals surface area contributed by atoms with Crippen LogP contribution in [0.25, 0.3) is 21.0 Å². The van der Waals surface area contributed by atoms with E-state index in [-0.39, 0.29) is 5.82 Å². The van der Waals surface area contributed by atoms with Crippen LogP contribution in [0.3, 0.4) is 0 Å². The van der Waals surface area contributed by atoms with Crippen molar-refractivity contribution in [3.63, 3.8) is 0 Å². The van der Waals surface area contributed by atoms with E-state index in [1.165, 1.54) is 23.7 Å². The first-order chi connectivity index (χ1) is 16.7. The molecule has 0 spiro atoms. The first kappa shape index (κ1) is 22.5. The molecular weight excluding hydrogens is 477 g/mol. The molecule has 0 aliphatic rings. The lowest BCUT2D eigenvalue weighted by Gasteiger charge is -2.25. The van der Waals surface area contributed by atoms with E-state index in [9.17, 15) is 18.0 Å². The molecule has 35 heavy (non-hydrogen) atoms. The number of nitrogens with zero attached hydrogens (tertiary/aromatic N) is 4. The summed E-state index contributed by atoms with van der Waals surface area (Å²) in [6.45, 7) is 0. The molecule has 5 rings (SSSR count). The SMILES string of the molecule is CN(c1cccc(C(F)(F)F)c1)c1ccc2cnccc2c1NC(=O)c1csc2c(N)ncnc12. The number of fused-ring (bicyclic) bond motifs is 2. The number of carbonyl (C=O) groups is 1. The molecule has 7 nitrogen and oxygen atoms in total. The maximum atomic E-state index is 13.4. The highest BCUT2D eigenvalue weighted by molar-refractivity contribution is 7.18. The van der Waals surface area contributed by atoms with Gasteiger partial charge in [0.25, 0.3) is 5.91 Å². The van der Waals surface area contributed by atoms with Crippen molar-refractivity contribution < 1.29 is 18.0 Å². The largest absolute Gasteiger partial charge is 0.416 e. The Morgan fingerprint density at radius 3 is 2.77 bits per heavy atom. The van der Waals surface area contributed by atoms with Crippen molar-refractivity contribution in [3.05, 3.63) is 77.7 Å². The fourth-order valence-electron chi connectivity index (χ4n) is 3.81. The summed E-state index contributed by atoms with van der Waals surface area (Å²) in [5.74, 6) is -0.155. The van der Waals surface area contributed by atoms with Crippen LogP contribution in [0.2, 0.25) is 0 Å². The summed E-state index contributed by atoms with van der Waals surface area (Å²) in [5, 5.41) is 6.02. The summed E-state index contributed by atoms with van der Waals surface area (Å²) < 4.78 is 40.5. The van der Waals surface area contributed by atoms with E-state index in [2.05, 4.69) is 20.3 Å². The third-order valence-corrected chi connectivity index (χ3v) is 6.58. The first-order valence-electron chi connectivity index (χ1n) is 10.3. The van der Waals surface area contributed by atoms with E-state index in [1.807, 2.05) is 0 Å². The van der Waals surface area contributed by atoms with Crippen molar-refractivity contribution in [2.75, 3.05) is 23.0 Å². The zero-order chi connectivity index (χ0) is 24.7. The number of anilines is 4. The van der Waals surface area contributed by atoms with Gasteiger partial charge in [0.2, 0.25) is 0 Å². The number of nitrogens with two attached hydrogens (primary N) is 1. The minimum absolute atomic E-state index is 0.278. The lowest BCUT2D eigenvalue weighted by Crippen LogP contribution is -2.17. The predicted molar refractivity (Wildman–Crippen MR) is 131 cm³/mol. The number of halogens is 3. The van der Waals surface area contributed by atoms with Gasteiger partial charge in [0, 0.05) is 41.3 Å². The zero-order valence-electron chi connectivity index (χ0n) is 18.2. The first-order valence-corrected chi connectivity index (χ1v) is 11.2. The summed E-state index contributed by atoms with van der Waals surface area (Å²) in [4.78, 5) is 27.2. The van der Waals surface area contributed by atoms with Gasteiger partial charge >= 0.3 is 6.18 Å². The number of nitrogen functional groups attached to an aromatic ring is 1. The average Bonchev–Trinajstić information content (AvgIpc) is 3.29. The normalized spacial score (nSPS) is 11.7. The molecule has 3 N–H and O–H groups in total. The molecule has 3 aromatic heterocycles. The zero-order valence-corrected chi connectivity index (χ0v) is 19.0. The summed E-state index contributed by atoms with van der Waals surface area (Å²) in [6.07, 6.45) is 0.0389. The molecule has 11 heteroatoms. The molecule has 0 aliphatic heterocycles. The Morgan fingerprint density at radius 1 is 1.14 bits per heavy atom. The number of carbonyl (C=O) groups excluding carboxylic acids is 1. The molecule has 3 heterocycles. The van der Waals surface area contributed by atoms with Gasteiger partial charge in [-0.2, -0.15) is 13.2 Å². The van der Waals surface area contributed by atoms with Gasteiger partial charge < -0.3 is 16.0 Å². The van der Waals surface area contributed by atoms with Gasteiger partial charge in [0.05, 0.1) is 32.7 Å². The lowest BCUT2D eigenvalue weighted by atomic mass is 10.1. The molecule has 176 valence electrons. The molecule has 0 saturated carbocycles. The number of aromatic nitrogens is 3. The van der Waals surface area contributed by atoms with E-state index in [0.717, 1.165) is 17.5 Å². The quantitative estimate of drug-likeness (QED) is 0.325. The van der Waals surface area contributed by atoms with Crippen molar-refractivity contribution in [2.45, 2.75) is 6.18 Å². The van der Waals surface area contributed by atoms with Crippen LogP contribution < -0.4 is 16.0 Å². The van der Waals surface area contributed by atoms with Gasteiger partial charge in [0.1, 0.15) is 12.1 Å². The molecule has 0 bridgehead atoms. The van der Waals surface area contributed by atoms with Crippen LogP contribution in [-0.2, 0) is 6.18 Å². The minimum Gasteiger partial charge on any atom is -0.382 e. The monoisotopic (exact) mass is 494 g/mol. The topological polar surface area (TPSA) is 97.0 Å². The Morgan fingerprint density at radius 2 is 1.97 bits per heavy atom. The predicted octanol–water partition coefficient (Wildman–Crippen LogP) is 5.86. The van der Waals surface area contributed by atoms with Crippen molar-refractivity contribution in [2.24, 2.45) is 0 Å². The number of benzene rings is 2. The number of thiophene rings is 1. The van der Waals surface area contributed by atoms with E-state index < -0.39 is 17.6 Å². The molecule has 0 radical (unpaired) electrons. The van der Waals surface area contributed by atoms with E-state index in [1.54, 1.807) is 54.0 Å². The number of rotatable bonds is 4. The molecule has 0 aliphatic carbocycles. The molecule has 0 saturated heterocycles. The van der Waals surface area contributed by atoms with Crippen LogP contribution in [0.1, 0.15) is 15.9 Å². The Bertz CT molecular complexity index is 1580. The van der Waals surface area contributed by atoms with Crippen LogP contribution in [0.5, 0.6) is 0 Å². The summed E-state index contributed by atoms with van der Waals surface area (Å²) in [6, 6.07) is 10.3. The Hall–Kier alpha value is -4.25. The number of nitrogens with one attached hydrogen (secondary N) is 1. The van der Waals surface area contributed by atoms with E-state index >= 15 is 0 Å². The second kappa shape index (κ2) is 8.51. The highest BCUT2D eigenvalue weighted by Gasteiger charge is 2.31. The van der Waals surface area contributed by atoms with Gasteiger partial charge in [0.15, 0.2) is 0 Å². The van der Waals surface area contributed by atoms with Gasteiger partial charge in [-0.3, -0.25) is 9.78 Å². The second-order valence-corrected chi connectivity index (χ2v) is 8.58. The Balaban J connectivity index is 1.61. The number of pyridine rings is 1. The third-order valence-electron chi connectivity index (χ3n) is 5.58. The van der Waals surface area contributed by atoms with Crippen LogP contribution >= 0.6 is 11.3 Å². The molecule has 0 fully saturated rings. The maximum absolute atomic E-state index is 13.4. The van der Waals surface area contributed by atoms with Crippen LogP contribution in [-0.4, -0.2) is 27.9 Å². The van der Waals surface area contributed by atoms with Crippen LogP contribution in [0.4, 0.5) is 36.1 Å². The van der Waals surface area contributed by atoms with Gasteiger partial charge in [-0.25, -0.2) is 9.97 Å². The molecule has 1 amide bonds. The number of hydrogen-bond donors (Lipinski definition) is 2. The number of hydrogen-bond acceptors (Lipinski definition) is 7. The fourth-order valence-corrected chi connectivity index (χ4v) is 4.71. The average molecular weight is 495 g/mol. The van der Waals surface area contributed by atoms with E-state index in [4.69, 9.17) is 5.73 Å². The highest BCUT2D eigenvalue weighted by atomic mass is 32.1. The van der Waals surface area contributed by atoms with Gasteiger partial charge in [-0.1, -0.05) is 12.1 Å². The minimum atomic E-state index is -4.48. The molecule has 0 atom stereocenters. The van der Waals surface area contributed by atoms with Gasteiger partial charge in [-0.15, -0.1) is 11.3 Å². The maximum Gasteiger partial charge on any atom is 0.416 e. The van der Waals surface area contributed by atoms with Gasteiger partial charge in [-0.05, 0) is 30.3 Å². The highest BCUT2D eigenvalue weighted by Crippen LogP contribution is 2.39. The lowest BCUT2D eigenvalue weighted by molar-refractivity contribution is -0.137. The summed E-state index contributed by atoms with van der Waals surface area (Å²) in [7, 11) is 1.64. The third kappa shape index (κ3) is 4.10. The standard InChI is InChI=1S/C24H17F3N6OS/c1-33(15-4-2-3-14(9-15)24(25,26)27)18-6-5-13-10-29-8-7-16(13)19(18)32-23(34)17-11-35-21-20(17)30-12-31-22(21)28/h2-12H,1H3,(H,32,34)(H2,28,30,31). The fraction of sp³-hybridized carbons (Fsp3) is 0.0833. The Kier molecular flexibility index (Phi) is 5.48.